The Morgan fingerprint density at radius 3 is 2.33 bits per heavy atom. The molecule has 0 radical (unpaired) electrons. The first-order chi connectivity index (χ1) is 13.9. The fraction of sp³-hybridized carbons (Fsp3) is 0.526. The number of sulfonamides is 1. The van der Waals surface area contributed by atoms with E-state index in [0.717, 1.165) is 5.56 Å². The average Bonchev–Trinajstić information content (AvgIpc) is 2.63. The summed E-state index contributed by atoms with van der Waals surface area (Å²) in [6, 6.07) is 4.76. The van der Waals surface area contributed by atoms with Crippen LogP contribution in [0, 0.1) is 6.92 Å². The van der Waals surface area contributed by atoms with E-state index in [1.807, 2.05) is 6.92 Å². The Bertz CT molecular complexity index is 862. The van der Waals surface area contributed by atoms with Gasteiger partial charge in [0.25, 0.3) is 0 Å². The molecule has 0 aliphatic rings. The van der Waals surface area contributed by atoms with Crippen molar-refractivity contribution in [3.8, 4) is 0 Å². The molecule has 1 atom stereocenters. The molecule has 0 amide bonds. The van der Waals surface area contributed by atoms with Crippen molar-refractivity contribution in [2.45, 2.75) is 63.5 Å². The molecule has 0 fully saturated rings. The predicted molar refractivity (Wildman–Crippen MR) is 112 cm³/mol. The summed E-state index contributed by atoms with van der Waals surface area (Å²) in [6.45, 7) is 7.11. The Labute approximate surface area is 177 Å². The number of guanidine groups is 1. The van der Waals surface area contributed by atoms with Gasteiger partial charge in [-0.2, -0.15) is 4.72 Å². The summed E-state index contributed by atoms with van der Waals surface area (Å²) in [5, 5.41) is 0. The van der Waals surface area contributed by atoms with Crippen molar-refractivity contribution in [3.63, 3.8) is 0 Å². The quantitative estimate of drug-likeness (QED) is 0.162. The Morgan fingerprint density at radius 2 is 1.80 bits per heavy atom. The fourth-order valence-electron chi connectivity index (χ4n) is 2.17. The summed E-state index contributed by atoms with van der Waals surface area (Å²) >= 11 is 0. The number of ether oxygens (including phenoxy) is 2. The molecule has 0 saturated heterocycles. The van der Waals surface area contributed by atoms with Crippen LogP contribution in [0.5, 0.6) is 0 Å². The van der Waals surface area contributed by atoms with E-state index in [2.05, 4.69) is 9.71 Å². The molecule has 11 heteroatoms. The lowest BCUT2D eigenvalue weighted by Crippen LogP contribution is -2.43. The molecule has 1 aromatic carbocycles. The van der Waals surface area contributed by atoms with Crippen LogP contribution in [0.2, 0.25) is 0 Å². The van der Waals surface area contributed by atoms with E-state index in [1.165, 1.54) is 12.1 Å². The van der Waals surface area contributed by atoms with Crippen LogP contribution in [0.25, 0.3) is 0 Å². The third kappa shape index (κ3) is 8.78. The Morgan fingerprint density at radius 1 is 1.20 bits per heavy atom. The van der Waals surface area contributed by atoms with Crippen LogP contribution in [-0.4, -0.2) is 44.7 Å². The molecule has 0 bridgehead atoms. The van der Waals surface area contributed by atoms with E-state index in [4.69, 9.17) is 20.9 Å². The van der Waals surface area contributed by atoms with Gasteiger partial charge in [0.15, 0.2) is 5.96 Å². The molecular weight excluding hydrogens is 412 g/mol. The molecule has 0 heterocycles. The van der Waals surface area contributed by atoms with Crippen molar-refractivity contribution in [2.24, 2.45) is 16.5 Å². The van der Waals surface area contributed by atoms with E-state index in [9.17, 15) is 18.0 Å². The van der Waals surface area contributed by atoms with Crippen LogP contribution in [0.3, 0.4) is 0 Å². The van der Waals surface area contributed by atoms with Gasteiger partial charge >= 0.3 is 12.1 Å². The standard InChI is InChI=1S/C19H30N4O6S/c1-5-19(3,4)29-18(25)28-16(24)15(7-6-12-22-17(20)21)23-30(26,27)14-10-8-13(2)9-11-14/h8-11,15,23H,5-7,12H2,1-4H3,(H4,20,21,22)/t15-/m0/s1. The summed E-state index contributed by atoms with van der Waals surface area (Å²) in [7, 11) is -4.04. The number of carbonyl (C=O) groups excluding carboxylic acids is 2. The highest BCUT2D eigenvalue weighted by Gasteiger charge is 2.30. The molecule has 30 heavy (non-hydrogen) atoms. The number of esters is 1. The molecule has 5 N–H and O–H groups in total. The number of nitrogens with two attached hydrogens (primary N) is 2. The molecule has 1 rings (SSSR count). The maximum Gasteiger partial charge on any atom is 0.516 e. The van der Waals surface area contributed by atoms with Crippen molar-refractivity contribution in [1.82, 2.24) is 4.72 Å². The zero-order chi connectivity index (χ0) is 22.9. The second-order valence-corrected chi connectivity index (χ2v) is 9.04. The first-order valence-electron chi connectivity index (χ1n) is 9.45. The van der Waals surface area contributed by atoms with E-state index in [0.29, 0.717) is 6.42 Å². The van der Waals surface area contributed by atoms with Gasteiger partial charge in [0.05, 0.1) is 4.90 Å². The molecular formula is C19H30N4O6S. The first-order valence-corrected chi connectivity index (χ1v) is 10.9. The monoisotopic (exact) mass is 442 g/mol. The van der Waals surface area contributed by atoms with Gasteiger partial charge in [0, 0.05) is 6.54 Å². The van der Waals surface area contributed by atoms with Gasteiger partial charge in [0.1, 0.15) is 11.6 Å². The lowest BCUT2D eigenvalue weighted by atomic mass is 10.1. The van der Waals surface area contributed by atoms with Gasteiger partial charge < -0.3 is 20.9 Å². The summed E-state index contributed by atoms with van der Waals surface area (Å²) in [4.78, 5) is 28.2. The predicted octanol–water partition coefficient (Wildman–Crippen LogP) is 1.56. The van der Waals surface area contributed by atoms with E-state index < -0.39 is 33.8 Å². The minimum absolute atomic E-state index is 0.00511. The van der Waals surface area contributed by atoms with E-state index in [-0.39, 0.29) is 30.2 Å². The van der Waals surface area contributed by atoms with Crippen molar-refractivity contribution in [2.75, 3.05) is 6.54 Å². The number of hydrogen-bond acceptors (Lipinski definition) is 7. The van der Waals surface area contributed by atoms with Gasteiger partial charge in [0.2, 0.25) is 10.0 Å². The third-order valence-electron chi connectivity index (χ3n) is 4.25. The van der Waals surface area contributed by atoms with Crippen molar-refractivity contribution < 1.29 is 27.5 Å². The molecule has 0 aromatic heterocycles. The molecule has 10 nitrogen and oxygen atoms in total. The van der Waals surface area contributed by atoms with Gasteiger partial charge in [-0.15, -0.1) is 0 Å². The second-order valence-electron chi connectivity index (χ2n) is 7.32. The zero-order valence-corrected chi connectivity index (χ0v) is 18.5. The number of aliphatic imine (C=N–C) groups is 1. The van der Waals surface area contributed by atoms with Crippen LogP contribution in [0.1, 0.15) is 45.6 Å². The number of hydrogen-bond donors (Lipinski definition) is 3. The average molecular weight is 443 g/mol. The number of nitrogens with zero attached hydrogens (tertiary/aromatic N) is 1. The Balaban J connectivity index is 2.94. The fourth-order valence-corrected chi connectivity index (χ4v) is 3.39. The lowest BCUT2D eigenvalue weighted by Gasteiger charge is -2.23. The van der Waals surface area contributed by atoms with Crippen LogP contribution in [0.4, 0.5) is 4.79 Å². The Kier molecular flexibility index (Phi) is 9.24. The molecule has 1 aromatic rings. The number of carbonyl (C=O) groups is 2. The molecule has 0 saturated carbocycles. The van der Waals surface area contributed by atoms with Crippen LogP contribution in [-0.2, 0) is 24.3 Å². The highest BCUT2D eigenvalue weighted by atomic mass is 32.2. The normalized spacial score (nSPS) is 12.7. The van der Waals surface area contributed by atoms with Gasteiger partial charge in [-0.25, -0.2) is 18.0 Å². The smallest absolute Gasteiger partial charge is 0.428 e. The molecule has 0 unspecified atom stereocenters. The third-order valence-corrected chi connectivity index (χ3v) is 5.74. The highest BCUT2D eigenvalue weighted by molar-refractivity contribution is 7.89. The van der Waals surface area contributed by atoms with Gasteiger partial charge in [-0.1, -0.05) is 24.6 Å². The maximum absolute atomic E-state index is 12.7. The van der Waals surface area contributed by atoms with Crippen molar-refractivity contribution in [1.29, 1.82) is 0 Å². The van der Waals surface area contributed by atoms with Crippen LogP contribution >= 0.6 is 0 Å². The minimum atomic E-state index is -4.04. The topological polar surface area (TPSA) is 163 Å². The summed E-state index contributed by atoms with van der Waals surface area (Å²) in [5.74, 6) is -1.20. The highest BCUT2D eigenvalue weighted by Crippen LogP contribution is 2.16. The van der Waals surface area contributed by atoms with Gasteiger partial charge in [-0.3, -0.25) is 4.99 Å². The number of rotatable bonds is 10. The van der Waals surface area contributed by atoms with Gasteiger partial charge in [-0.05, 0) is 52.2 Å². The van der Waals surface area contributed by atoms with Crippen molar-refractivity contribution in [3.05, 3.63) is 29.8 Å². The number of nitrogens with one attached hydrogen (secondary N) is 1. The Hall–Kier alpha value is -2.66. The van der Waals surface area contributed by atoms with Crippen molar-refractivity contribution >= 4 is 28.1 Å². The summed E-state index contributed by atoms with van der Waals surface area (Å²) in [5.41, 5.74) is 10.6. The number of aryl methyl sites for hydroxylation is 1. The molecule has 0 aliphatic carbocycles. The maximum atomic E-state index is 12.7. The summed E-state index contributed by atoms with van der Waals surface area (Å²) < 4.78 is 37.4. The number of benzene rings is 1. The first kappa shape index (κ1) is 25.4. The zero-order valence-electron chi connectivity index (χ0n) is 17.7. The minimum Gasteiger partial charge on any atom is -0.428 e. The second kappa shape index (κ2) is 10.9. The van der Waals surface area contributed by atoms with E-state index in [1.54, 1.807) is 32.9 Å². The lowest BCUT2D eigenvalue weighted by molar-refractivity contribution is -0.143. The molecule has 0 spiro atoms. The van der Waals surface area contributed by atoms with Crippen LogP contribution < -0.4 is 16.2 Å². The largest absolute Gasteiger partial charge is 0.516 e. The molecule has 0 aliphatic heterocycles. The SMILES string of the molecule is CCC(C)(C)OC(=O)OC(=O)[C@H](CCCN=C(N)N)NS(=O)(=O)c1ccc(C)cc1. The summed E-state index contributed by atoms with van der Waals surface area (Å²) in [6.07, 6.45) is -0.428. The molecule has 168 valence electrons. The van der Waals surface area contributed by atoms with E-state index >= 15 is 0 Å². The van der Waals surface area contributed by atoms with Crippen LogP contribution in [0.15, 0.2) is 34.2 Å².